The third kappa shape index (κ3) is 3.76. The lowest BCUT2D eigenvalue weighted by Crippen LogP contribution is -2.50. The van der Waals surface area contributed by atoms with E-state index in [2.05, 4.69) is 15.1 Å². The molecule has 1 aromatic heterocycles. The van der Waals surface area contributed by atoms with Crippen LogP contribution in [0.2, 0.25) is 0 Å². The zero-order chi connectivity index (χ0) is 16.9. The van der Waals surface area contributed by atoms with E-state index in [-0.39, 0.29) is 17.8 Å². The minimum Gasteiger partial charge on any atom is -0.468 e. The predicted molar refractivity (Wildman–Crippen MR) is 90.3 cm³/mol. The Hall–Kier alpha value is -2.34. The smallest absolute Gasteiger partial charge is 0.216 e. The number of hydrogen-bond acceptors (Lipinski definition) is 4. The van der Waals surface area contributed by atoms with Gasteiger partial charge in [0.1, 0.15) is 11.6 Å². The molecule has 1 aliphatic heterocycles. The molecule has 0 saturated carbocycles. The van der Waals surface area contributed by atoms with Crippen molar-refractivity contribution in [2.75, 3.05) is 37.6 Å². The summed E-state index contributed by atoms with van der Waals surface area (Å²) in [6.45, 7) is 5.03. The minimum atomic E-state index is -0.188. The van der Waals surface area contributed by atoms with Crippen LogP contribution in [0.3, 0.4) is 0 Å². The highest BCUT2D eigenvalue weighted by molar-refractivity contribution is 5.72. The van der Waals surface area contributed by atoms with Gasteiger partial charge in [-0.25, -0.2) is 4.39 Å². The Morgan fingerprint density at radius 1 is 1.21 bits per heavy atom. The minimum absolute atomic E-state index is 0.00771. The second kappa shape index (κ2) is 7.49. The van der Waals surface area contributed by atoms with Crippen LogP contribution in [-0.4, -0.2) is 43.5 Å². The lowest BCUT2D eigenvalue weighted by Gasteiger charge is -2.39. The summed E-state index contributed by atoms with van der Waals surface area (Å²) in [7, 11) is 0. The van der Waals surface area contributed by atoms with E-state index in [4.69, 9.17) is 4.42 Å². The zero-order valence-electron chi connectivity index (χ0n) is 13.7. The molecule has 1 saturated heterocycles. The molecule has 24 heavy (non-hydrogen) atoms. The van der Waals surface area contributed by atoms with Gasteiger partial charge in [0, 0.05) is 39.6 Å². The molecule has 3 rings (SSSR count). The molecule has 128 valence electrons. The summed E-state index contributed by atoms with van der Waals surface area (Å²) in [6, 6.07) is 10.6. The highest BCUT2D eigenvalue weighted by Crippen LogP contribution is 2.25. The molecule has 1 atom stereocenters. The Morgan fingerprint density at radius 2 is 1.96 bits per heavy atom. The number of rotatable bonds is 5. The first-order valence-corrected chi connectivity index (χ1v) is 8.16. The molecular weight excluding hydrogens is 309 g/mol. The maximum absolute atomic E-state index is 13.9. The lowest BCUT2D eigenvalue weighted by atomic mass is 10.1. The van der Waals surface area contributed by atoms with Gasteiger partial charge in [0.05, 0.1) is 18.0 Å². The third-order valence-corrected chi connectivity index (χ3v) is 4.36. The first-order chi connectivity index (χ1) is 11.6. The summed E-state index contributed by atoms with van der Waals surface area (Å²) in [4.78, 5) is 15.6. The van der Waals surface area contributed by atoms with Gasteiger partial charge >= 0.3 is 0 Å². The highest BCUT2D eigenvalue weighted by atomic mass is 19.1. The van der Waals surface area contributed by atoms with Crippen molar-refractivity contribution in [3.63, 3.8) is 0 Å². The van der Waals surface area contributed by atoms with Crippen molar-refractivity contribution in [2.24, 2.45) is 0 Å². The molecule has 6 heteroatoms. The molecule has 2 heterocycles. The number of anilines is 1. The monoisotopic (exact) mass is 331 g/mol. The van der Waals surface area contributed by atoms with E-state index in [0.29, 0.717) is 12.2 Å². The largest absolute Gasteiger partial charge is 0.468 e. The van der Waals surface area contributed by atoms with Crippen molar-refractivity contribution < 1.29 is 13.6 Å². The molecule has 0 spiro atoms. The fourth-order valence-corrected chi connectivity index (χ4v) is 3.11. The Morgan fingerprint density at radius 3 is 2.58 bits per heavy atom. The number of hydrogen-bond donors (Lipinski definition) is 1. The second-order valence-electron chi connectivity index (χ2n) is 5.94. The number of nitrogens with one attached hydrogen (secondary N) is 1. The van der Waals surface area contributed by atoms with Crippen molar-refractivity contribution >= 4 is 11.6 Å². The Balaban J connectivity index is 1.67. The molecule has 0 aliphatic carbocycles. The number of carbonyl (C=O) groups is 1. The van der Waals surface area contributed by atoms with Crippen LogP contribution in [-0.2, 0) is 4.79 Å². The van der Waals surface area contributed by atoms with E-state index >= 15 is 0 Å². The van der Waals surface area contributed by atoms with Crippen molar-refractivity contribution in [1.82, 2.24) is 10.2 Å². The van der Waals surface area contributed by atoms with E-state index in [1.807, 2.05) is 24.3 Å². The molecule has 2 aromatic rings. The van der Waals surface area contributed by atoms with E-state index in [1.165, 1.54) is 13.0 Å². The summed E-state index contributed by atoms with van der Waals surface area (Å²) in [5.74, 6) is 0.589. The van der Waals surface area contributed by atoms with Crippen molar-refractivity contribution in [3.8, 4) is 0 Å². The number of benzene rings is 1. The van der Waals surface area contributed by atoms with Crippen LogP contribution in [0.25, 0.3) is 0 Å². The van der Waals surface area contributed by atoms with Crippen LogP contribution in [0.5, 0.6) is 0 Å². The fraction of sp³-hybridized carbons (Fsp3) is 0.389. The Bertz CT molecular complexity index is 667. The predicted octanol–water partition coefficient (Wildman–Crippen LogP) is 2.42. The van der Waals surface area contributed by atoms with E-state index < -0.39 is 0 Å². The number of nitrogens with zero attached hydrogens (tertiary/aromatic N) is 2. The molecule has 0 radical (unpaired) electrons. The highest BCUT2D eigenvalue weighted by Gasteiger charge is 2.27. The Labute approximate surface area is 141 Å². The quantitative estimate of drug-likeness (QED) is 0.914. The first-order valence-electron chi connectivity index (χ1n) is 8.16. The van der Waals surface area contributed by atoms with Gasteiger partial charge in [-0.3, -0.25) is 9.69 Å². The summed E-state index contributed by atoms with van der Waals surface area (Å²) in [5, 5.41) is 2.87. The van der Waals surface area contributed by atoms with Crippen LogP contribution in [0, 0.1) is 5.82 Å². The molecule has 1 N–H and O–H groups in total. The van der Waals surface area contributed by atoms with Crippen LogP contribution >= 0.6 is 0 Å². The van der Waals surface area contributed by atoms with Gasteiger partial charge in [-0.05, 0) is 24.3 Å². The number of carbonyl (C=O) groups excluding carboxylic acids is 1. The molecule has 1 fully saturated rings. The zero-order valence-corrected chi connectivity index (χ0v) is 13.7. The molecule has 1 aliphatic rings. The molecule has 1 unspecified atom stereocenters. The maximum Gasteiger partial charge on any atom is 0.216 e. The number of furan rings is 1. The number of piperazine rings is 1. The molecule has 1 amide bonds. The van der Waals surface area contributed by atoms with Crippen LogP contribution in [0.15, 0.2) is 47.1 Å². The lowest BCUT2D eigenvalue weighted by molar-refractivity contribution is -0.119. The molecule has 0 bridgehead atoms. The van der Waals surface area contributed by atoms with E-state index in [9.17, 15) is 9.18 Å². The second-order valence-corrected chi connectivity index (χ2v) is 5.94. The van der Waals surface area contributed by atoms with Crippen LogP contribution in [0.1, 0.15) is 18.7 Å². The van der Waals surface area contributed by atoms with Gasteiger partial charge in [-0.15, -0.1) is 0 Å². The van der Waals surface area contributed by atoms with E-state index in [1.54, 1.807) is 12.3 Å². The summed E-state index contributed by atoms with van der Waals surface area (Å²) >= 11 is 0. The number of amides is 1. The Kier molecular flexibility index (Phi) is 5.15. The SMILES string of the molecule is CC(=O)NCC(c1ccco1)N1CCN(c2ccccc2F)CC1. The third-order valence-electron chi connectivity index (χ3n) is 4.36. The number of para-hydroxylation sites is 1. The maximum atomic E-state index is 13.9. The van der Waals surface area contributed by atoms with Gasteiger partial charge < -0.3 is 14.6 Å². The van der Waals surface area contributed by atoms with Gasteiger partial charge in [-0.2, -0.15) is 0 Å². The van der Waals surface area contributed by atoms with Gasteiger partial charge in [0.15, 0.2) is 0 Å². The van der Waals surface area contributed by atoms with Crippen LogP contribution < -0.4 is 10.2 Å². The molecule has 5 nitrogen and oxygen atoms in total. The number of halogens is 1. The average Bonchev–Trinajstić information content (AvgIpc) is 3.10. The standard InChI is InChI=1S/C18H22FN3O2/c1-14(23)20-13-17(18-7-4-12-24-18)22-10-8-21(9-11-22)16-6-3-2-5-15(16)19/h2-7,12,17H,8-11,13H2,1H3,(H,20,23). The summed E-state index contributed by atoms with van der Waals surface area (Å²) in [5.41, 5.74) is 0.647. The van der Waals surface area contributed by atoms with Gasteiger partial charge in [0.2, 0.25) is 5.91 Å². The van der Waals surface area contributed by atoms with Crippen molar-refractivity contribution in [3.05, 3.63) is 54.2 Å². The fourth-order valence-electron chi connectivity index (χ4n) is 3.11. The van der Waals surface area contributed by atoms with Gasteiger partial charge in [-0.1, -0.05) is 12.1 Å². The average molecular weight is 331 g/mol. The summed E-state index contributed by atoms with van der Waals surface area (Å²) < 4.78 is 19.5. The van der Waals surface area contributed by atoms with Crippen molar-refractivity contribution in [1.29, 1.82) is 0 Å². The van der Waals surface area contributed by atoms with Gasteiger partial charge in [0.25, 0.3) is 0 Å². The van der Waals surface area contributed by atoms with E-state index in [0.717, 1.165) is 31.9 Å². The van der Waals surface area contributed by atoms with Crippen LogP contribution in [0.4, 0.5) is 10.1 Å². The normalized spacial score (nSPS) is 16.8. The molecule has 1 aromatic carbocycles. The first kappa shape index (κ1) is 16.5. The summed E-state index contributed by atoms with van der Waals surface area (Å²) in [6.07, 6.45) is 1.64. The molecular formula is C18H22FN3O2. The van der Waals surface area contributed by atoms with Crippen molar-refractivity contribution in [2.45, 2.75) is 13.0 Å². The topological polar surface area (TPSA) is 48.7 Å².